The fourth-order valence-electron chi connectivity index (χ4n) is 1.74. The monoisotopic (exact) mass is 377 g/mol. The maximum atomic E-state index is 13.0. The van der Waals surface area contributed by atoms with Gasteiger partial charge in [-0.3, -0.25) is 0 Å². The lowest BCUT2D eigenvalue weighted by Crippen LogP contribution is -2.09. The Bertz CT molecular complexity index is 731. The molecule has 0 fully saturated rings. The van der Waals surface area contributed by atoms with Crippen molar-refractivity contribution in [1.29, 1.82) is 0 Å². The number of carbonyl (C=O) groups is 1. The minimum Gasteiger partial charge on any atom is -0.478 e. The molecule has 2 aromatic rings. The third-order valence-electron chi connectivity index (χ3n) is 2.78. The summed E-state index contributed by atoms with van der Waals surface area (Å²) in [7, 11) is 0. The van der Waals surface area contributed by atoms with Crippen LogP contribution < -0.4 is 5.32 Å². The lowest BCUT2D eigenvalue weighted by molar-refractivity contribution is -0.137. The van der Waals surface area contributed by atoms with Crippen molar-refractivity contribution in [3.8, 4) is 0 Å². The first-order valence-electron chi connectivity index (χ1n) is 5.85. The highest BCUT2D eigenvalue weighted by atomic mass is 79.9. The van der Waals surface area contributed by atoms with Crippen LogP contribution in [0.1, 0.15) is 15.9 Å². The largest absolute Gasteiger partial charge is 0.478 e. The van der Waals surface area contributed by atoms with Crippen LogP contribution in [0.5, 0.6) is 0 Å². The Labute approximate surface area is 130 Å². The maximum Gasteiger partial charge on any atom is 0.416 e. The first-order valence-corrected chi connectivity index (χ1v) is 6.64. The van der Waals surface area contributed by atoms with E-state index in [9.17, 15) is 22.4 Å². The van der Waals surface area contributed by atoms with Crippen molar-refractivity contribution in [1.82, 2.24) is 0 Å². The summed E-state index contributed by atoms with van der Waals surface area (Å²) in [5.74, 6) is -2.02. The normalized spacial score (nSPS) is 11.3. The number of aromatic carboxylic acids is 1. The fraction of sp³-hybridized carbons (Fsp3) is 0.0714. The topological polar surface area (TPSA) is 49.3 Å². The fourth-order valence-corrected chi connectivity index (χ4v) is 2.19. The summed E-state index contributed by atoms with van der Waals surface area (Å²) in [5.41, 5.74) is -1.31. The third kappa shape index (κ3) is 3.56. The molecule has 2 N–H and O–H groups in total. The van der Waals surface area contributed by atoms with Gasteiger partial charge in [-0.2, -0.15) is 13.2 Å². The zero-order chi connectivity index (χ0) is 16.5. The van der Waals surface area contributed by atoms with Gasteiger partial charge in [0.05, 0.1) is 22.5 Å². The second-order valence-electron chi connectivity index (χ2n) is 4.31. The van der Waals surface area contributed by atoms with Gasteiger partial charge >= 0.3 is 12.1 Å². The maximum absolute atomic E-state index is 13.0. The van der Waals surface area contributed by atoms with Gasteiger partial charge in [-0.15, -0.1) is 0 Å². The molecule has 0 saturated carbocycles. The lowest BCUT2D eigenvalue weighted by atomic mass is 10.1. The zero-order valence-corrected chi connectivity index (χ0v) is 12.3. The standard InChI is InChI=1S/C14H8BrF4NO2/c15-10-6-8(16)2-4-12(10)20-11-3-1-7(14(17,18)19)5-9(11)13(21)22/h1-6,20H,(H,21,22). The van der Waals surface area contributed by atoms with Gasteiger partial charge in [-0.25, -0.2) is 9.18 Å². The van der Waals surface area contributed by atoms with Crippen LogP contribution in [0.4, 0.5) is 28.9 Å². The highest BCUT2D eigenvalue weighted by Gasteiger charge is 2.31. The summed E-state index contributed by atoms with van der Waals surface area (Å²) in [6.07, 6.45) is -4.64. The molecule has 0 aliphatic heterocycles. The van der Waals surface area contributed by atoms with Crippen molar-refractivity contribution < 1.29 is 27.5 Å². The van der Waals surface area contributed by atoms with E-state index in [1.54, 1.807) is 0 Å². The molecule has 0 saturated heterocycles. The van der Waals surface area contributed by atoms with E-state index in [2.05, 4.69) is 21.2 Å². The van der Waals surface area contributed by atoms with Crippen LogP contribution in [0.15, 0.2) is 40.9 Å². The number of anilines is 2. The Balaban J connectivity index is 2.44. The quantitative estimate of drug-likeness (QED) is 0.735. The molecule has 2 rings (SSSR count). The average molecular weight is 378 g/mol. The van der Waals surface area contributed by atoms with Gasteiger partial charge in [0.2, 0.25) is 0 Å². The Hall–Kier alpha value is -2.09. The van der Waals surface area contributed by atoms with Gasteiger partial charge in [-0.05, 0) is 52.3 Å². The Kier molecular flexibility index (Phi) is 4.41. The summed E-state index contributed by atoms with van der Waals surface area (Å²) in [6.45, 7) is 0. The smallest absolute Gasteiger partial charge is 0.416 e. The van der Waals surface area contributed by atoms with Crippen LogP contribution in [-0.4, -0.2) is 11.1 Å². The molecule has 0 bridgehead atoms. The van der Waals surface area contributed by atoms with Crippen LogP contribution in [0.2, 0.25) is 0 Å². The van der Waals surface area contributed by atoms with E-state index in [0.29, 0.717) is 16.2 Å². The highest BCUT2D eigenvalue weighted by Crippen LogP contribution is 2.34. The van der Waals surface area contributed by atoms with Gasteiger partial charge in [0, 0.05) is 4.47 Å². The molecule has 0 radical (unpaired) electrons. The number of rotatable bonds is 3. The van der Waals surface area contributed by atoms with Crippen molar-refractivity contribution in [2.75, 3.05) is 5.32 Å². The molecular formula is C14H8BrF4NO2. The van der Waals surface area contributed by atoms with Gasteiger partial charge in [0.25, 0.3) is 0 Å². The number of carboxylic acid groups (broad SMARTS) is 1. The first-order chi connectivity index (χ1) is 10.2. The van der Waals surface area contributed by atoms with Crippen molar-refractivity contribution in [2.45, 2.75) is 6.18 Å². The predicted molar refractivity (Wildman–Crippen MR) is 75.8 cm³/mol. The minimum absolute atomic E-state index is 0.0344. The Morgan fingerprint density at radius 1 is 1.09 bits per heavy atom. The van der Waals surface area contributed by atoms with Gasteiger partial charge in [-0.1, -0.05) is 0 Å². The lowest BCUT2D eigenvalue weighted by Gasteiger charge is -2.14. The number of nitrogens with one attached hydrogen (secondary N) is 1. The Morgan fingerprint density at radius 2 is 1.73 bits per heavy atom. The van der Waals surface area contributed by atoms with Crippen LogP contribution in [0.3, 0.4) is 0 Å². The summed E-state index contributed by atoms with van der Waals surface area (Å²) in [6, 6.07) is 5.95. The van der Waals surface area contributed by atoms with E-state index in [0.717, 1.165) is 24.3 Å². The highest BCUT2D eigenvalue weighted by molar-refractivity contribution is 9.10. The second kappa shape index (κ2) is 5.96. The van der Waals surface area contributed by atoms with Gasteiger partial charge < -0.3 is 10.4 Å². The molecule has 22 heavy (non-hydrogen) atoms. The van der Waals surface area contributed by atoms with Crippen LogP contribution in [0.25, 0.3) is 0 Å². The number of benzene rings is 2. The van der Waals surface area contributed by atoms with Crippen molar-refractivity contribution in [3.05, 3.63) is 57.8 Å². The molecule has 0 aliphatic carbocycles. The van der Waals surface area contributed by atoms with Crippen molar-refractivity contribution >= 4 is 33.3 Å². The number of alkyl halides is 3. The van der Waals surface area contributed by atoms with Crippen molar-refractivity contribution in [2.24, 2.45) is 0 Å². The number of carboxylic acids is 1. The molecular weight excluding hydrogens is 370 g/mol. The second-order valence-corrected chi connectivity index (χ2v) is 5.17. The van der Waals surface area contributed by atoms with Crippen molar-refractivity contribution in [3.63, 3.8) is 0 Å². The number of halogens is 5. The van der Waals surface area contributed by atoms with E-state index in [-0.39, 0.29) is 5.69 Å². The van der Waals surface area contributed by atoms with E-state index < -0.39 is 29.1 Å². The molecule has 0 aliphatic rings. The Morgan fingerprint density at radius 3 is 2.27 bits per heavy atom. The molecule has 0 heterocycles. The molecule has 116 valence electrons. The molecule has 0 unspecified atom stereocenters. The third-order valence-corrected chi connectivity index (χ3v) is 3.43. The van der Waals surface area contributed by atoms with Gasteiger partial charge in [0.15, 0.2) is 0 Å². The molecule has 8 heteroatoms. The SMILES string of the molecule is O=C(O)c1cc(C(F)(F)F)ccc1Nc1ccc(F)cc1Br. The van der Waals surface area contributed by atoms with Crippen LogP contribution >= 0.6 is 15.9 Å². The summed E-state index contributed by atoms with van der Waals surface area (Å²) in [5, 5.41) is 11.7. The molecule has 0 amide bonds. The number of hydrogen-bond donors (Lipinski definition) is 2. The van der Waals surface area contributed by atoms with E-state index in [4.69, 9.17) is 5.11 Å². The predicted octanol–water partition coefficient (Wildman–Crippen LogP) is 5.05. The van der Waals surface area contributed by atoms with Gasteiger partial charge in [0.1, 0.15) is 5.82 Å². The van der Waals surface area contributed by atoms with E-state index >= 15 is 0 Å². The molecule has 0 spiro atoms. The molecule has 0 aromatic heterocycles. The summed E-state index contributed by atoms with van der Waals surface area (Å²) in [4.78, 5) is 11.2. The van der Waals surface area contributed by atoms with E-state index in [1.807, 2.05) is 0 Å². The molecule has 2 aromatic carbocycles. The molecule has 0 atom stereocenters. The average Bonchev–Trinajstić information content (AvgIpc) is 2.40. The first kappa shape index (κ1) is 16.3. The number of hydrogen-bond acceptors (Lipinski definition) is 2. The summed E-state index contributed by atoms with van der Waals surface area (Å²) >= 11 is 3.08. The summed E-state index contributed by atoms with van der Waals surface area (Å²) < 4.78 is 51.2. The van der Waals surface area contributed by atoms with Crippen LogP contribution in [0, 0.1) is 5.82 Å². The van der Waals surface area contributed by atoms with E-state index in [1.165, 1.54) is 6.07 Å². The zero-order valence-electron chi connectivity index (χ0n) is 10.7. The minimum atomic E-state index is -4.64. The van der Waals surface area contributed by atoms with Crippen LogP contribution in [-0.2, 0) is 6.18 Å². The molecule has 3 nitrogen and oxygen atoms in total.